The molecule has 2 rings (SSSR count). The van der Waals surface area contributed by atoms with Crippen molar-refractivity contribution in [3.8, 4) is 11.5 Å². The number of carbonyl (C=O) groups excluding carboxylic acids is 2. The average Bonchev–Trinajstić information content (AvgIpc) is 2.80. The molecule has 7 heteroatoms. The molecule has 1 N–H and O–H groups in total. The molecule has 0 aliphatic carbocycles. The number of hydrogen-bond donors (Lipinski definition) is 1. The Hall–Kier alpha value is -2.28. The summed E-state index contributed by atoms with van der Waals surface area (Å²) >= 11 is 0. The van der Waals surface area contributed by atoms with Gasteiger partial charge in [0, 0.05) is 44.9 Å². The summed E-state index contributed by atoms with van der Waals surface area (Å²) in [4.78, 5) is 27.6. The van der Waals surface area contributed by atoms with Gasteiger partial charge < -0.3 is 19.7 Å². The quantitative estimate of drug-likeness (QED) is 0.875. The number of hydrogen-bond acceptors (Lipinski definition) is 5. The lowest BCUT2D eigenvalue weighted by atomic mass is 10.2. The fourth-order valence-corrected chi connectivity index (χ4v) is 2.76. The molecule has 7 nitrogen and oxygen atoms in total. The van der Waals surface area contributed by atoms with Crippen LogP contribution in [0.4, 0.5) is 5.69 Å². The van der Waals surface area contributed by atoms with Crippen LogP contribution >= 0.6 is 0 Å². The van der Waals surface area contributed by atoms with Crippen molar-refractivity contribution in [1.82, 2.24) is 9.80 Å². The fraction of sp³-hybridized carbons (Fsp3) is 0.529. The SMILES string of the molecule is COc1ccc(NC(=O)CN2CCCN(C(C)=O)CC2)cc1OC. The van der Waals surface area contributed by atoms with Crippen molar-refractivity contribution in [2.75, 3.05) is 52.3 Å². The molecule has 1 fully saturated rings. The summed E-state index contributed by atoms with van der Waals surface area (Å²) in [5.74, 6) is 1.19. The lowest BCUT2D eigenvalue weighted by Gasteiger charge is -2.20. The lowest BCUT2D eigenvalue weighted by Crippen LogP contribution is -2.37. The van der Waals surface area contributed by atoms with Crippen molar-refractivity contribution >= 4 is 17.5 Å². The molecule has 2 amide bonds. The van der Waals surface area contributed by atoms with E-state index in [2.05, 4.69) is 10.2 Å². The van der Waals surface area contributed by atoms with Crippen molar-refractivity contribution in [3.63, 3.8) is 0 Å². The number of carbonyl (C=O) groups is 2. The van der Waals surface area contributed by atoms with Crippen LogP contribution in [0.2, 0.25) is 0 Å². The molecule has 132 valence electrons. The summed E-state index contributed by atoms with van der Waals surface area (Å²) in [6.45, 7) is 4.82. The van der Waals surface area contributed by atoms with Gasteiger partial charge in [-0.3, -0.25) is 14.5 Å². The molecule has 1 aliphatic heterocycles. The van der Waals surface area contributed by atoms with E-state index in [-0.39, 0.29) is 11.8 Å². The van der Waals surface area contributed by atoms with E-state index in [0.29, 0.717) is 36.8 Å². The molecule has 0 saturated carbocycles. The Balaban J connectivity index is 1.90. The molecule has 0 spiro atoms. The number of nitrogens with one attached hydrogen (secondary N) is 1. The van der Waals surface area contributed by atoms with Crippen LogP contribution in [0.15, 0.2) is 18.2 Å². The standard InChI is InChI=1S/C17H25N3O4/c1-13(21)20-8-4-7-19(9-10-20)12-17(22)18-14-5-6-15(23-2)16(11-14)24-3/h5-6,11H,4,7-10,12H2,1-3H3,(H,18,22). The first-order chi connectivity index (χ1) is 11.5. The van der Waals surface area contributed by atoms with Gasteiger partial charge in [-0.05, 0) is 18.6 Å². The molecule has 1 aromatic rings. The summed E-state index contributed by atoms with van der Waals surface area (Å²) in [5, 5.41) is 2.87. The minimum absolute atomic E-state index is 0.0847. The molecule has 24 heavy (non-hydrogen) atoms. The van der Waals surface area contributed by atoms with Gasteiger partial charge in [0.15, 0.2) is 11.5 Å². The predicted octanol–water partition coefficient (Wildman–Crippen LogP) is 1.20. The van der Waals surface area contributed by atoms with Crippen LogP contribution in [0.25, 0.3) is 0 Å². The Kier molecular flexibility index (Phi) is 6.43. The van der Waals surface area contributed by atoms with Crippen LogP contribution < -0.4 is 14.8 Å². The maximum atomic E-state index is 12.3. The summed E-state index contributed by atoms with van der Waals surface area (Å²) in [5.41, 5.74) is 0.665. The zero-order valence-corrected chi connectivity index (χ0v) is 14.5. The second kappa shape index (κ2) is 8.54. The molecule has 1 heterocycles. The maximum Gasteiger partial charge on any atom is 0.238 e. The molecule has 0 atom stereocenters. The summed E-state index contributed by atoms with van der Waals surface area (Å²) in [7, 11) is 3.13. The van der Waals surface area contributed by atoms with Crippen LogP contribution in [0.5, 0.6) is 11.5 Å². The second-order valence-corrected chi connectivity index (χ2v) is 5.75. The number of anilines is 1. The largest absolute Gasteiger partial charge is 0.493 e. The lowest BCUT2D eigenvalue weighted by molar-refractivity contribution is -0.128. The highest BCUT2D eigenvalue weighted by Gasteiger charge is 2.18. The van der Waals surface area contributed by atoms with E-state index in [1.165, 1.54) is 0 Å². The molecular formula is C17H25N3O4. The van der Waals surface area contributed by atoms with Crippen molar-refractivity contribution in [3.05, 3.63) is 18.2 Å². The minimum Gasteiger partial charge on any atom is -0.493 e. The van der Waals surface area contributed by atoms with Gasteiger partial charge in [-0.15, -0.1) is 0 Å². The highest BCUT2D eigenvalue weighted by atomic mass is 16.5. The van der Waals surface area contributed by atoms with Gasteiger partial charge in [0.1, 0.15) is 0 Å². The van der Waals surface area contributed by atoms with Gasteiger partial charge >= 0.3 is 0 Å². The minimum atomic E-state index is -0.0847. The Morgan fingerprint density at radius 2 is 1.83 bits per heavy atom. The smallest absolute Gasteiger partial charge is 0.238 e. The Bertz CT molecular complexity index is 591. The highest BCUT2D eigenvalue weighted by Crippen LogP contribution is 2.29. The molecule has 0 unspecified atom stereocenters. The van der Waals surface area contributed by atoms with Gasteiger partial charge in [0.2, 0.25) is 11.8 Å². The number of methoxy groups -OCH3 is 2. The van der Waals surface area contributed by atoms with E-state index in [1.807, 2.05) is 4.90 Å². The van der Waals surface area contributed by atoms with E-state index < -0.39 is 0 Å². The second-order valence-electron chi connectivity index (χ2n) is 5.75. The van der Waals surface area contributed by atoms with Crippen LogP contribution in [-0.4, -0.2) is 68.6 Å². The summed E-state index contributed by atoms with van der Waals surface area (Å²) in [6.07, 6.45) is 0.878. The van der Waals surface area contributed by atoms with Gasteiger partial charge in [-0.2, -0.15) is 0 Å². The molecular weight excluding hydrogens is 310 g/mol. The first-order valence-corrected chi connectivity index (χ1v) is 8.03. The number of benzene rings is 1. The molecule has 1 aromatic carbocycles. The normalized spacial score (nSPS) is 15.5. The van der Waals surface area contributed by atoms with Crippen LogP contribution in [0, 0.1) is 0 Å². The number of amides is 2. The van der Waals surface area contributed by atoms with Crippen LogP contribution in [-0.2, 0) is 9.59 Å². The summed E-state index contributed by atoms with van der Waals surface area (Å²) in [6, 6.07) is 5.26. The van der Waals surface area contributed by atoms with E-state index in [4.69, 9.17) is 9.47 Å². The van der Waals surface area contributed by atoms with E-state index in [0.717, 1.165) is 19.5 Å². The molecule has 0 aromatic heterocycles. The first kappa shape index (κ1) is 18.1. The monoisotopic (exact) mass is 335 g/mol. The van der Waals surface area contributed by atoms with Crippen molar-refractivity contribution < 1.29 is 19.1 Å². The number of nitrogens with zero attached hydrogens (tertiary/aromatic N) is 2. The van der Waals surface area contributed by atoms with Gasteiger partial charge in [-0.25, -0.2) is 0 Å². The van der Waals surface area contributed by atoms with E-state index in [9.17, 15) is 9.59 Å². The molecule has 0 radical (unpaired) electrons. The third kappa shape index (κ3) is 4.86. The molecule has 0 bridgehead atoms. The summed E-state index contributed by atoms with van der Waals surface area (Å²) < 4.78 is 10.4. The zero-order chi connectivity index (χ0) is 17.5. The molecule has 1 aliphatic rings. The van der Waals surface area contributed by atoms with Gasteiger partial charge in [0.25, 0.3) is 0 Å². The Labute approximate surface area is 142 Å². The van der Waals surface area contributed by atoms with Crippen molar-refractivity contribution in [2.24, 2.45) is 0 Å². The fourth-order valence-electron chi connectivity index (χ4n) is 2.76. The first-order valence-electron chi connectivity index (χ1n) is 8.03. The van der Waals surface area contributed by atoms with Crippen LogP contribution in [0.1, 0.15) is 13.3 Å². The predicted molar refractivity (Wildman–Crippen MR) is 91.5 cm³/mol. The van der Waals surface area contributed by atoms with Gasteiger partial charge in [-0.1, -0.05) is 0 Å². The van der Waals surface area contributed by atoms with Crippen molar-refractivity contribution in [2.45, 2.75) is 13.3 Å². The maximum absolute atomic E-state index is 12.3. The zero-order valence-electron chi connectivity index (χ0n) is 14.5. The number of ether oxygens (including phenoxy) is 2. The highest BCUT2D eigenvalue weighted by molar-refractivity contribution is 5.92. The van der Waals surface area contributed by atoms with Gasteiger partial charge in [0.05, 0.1) is 20.8 Å². The van der Waals surface area contributed by atoms with E-state index >= 15 is 0 Å². The van der Waals surface area contributed by atoms with E-state index in [1.54, 1.807) is 39.3 Å². The Morgan fingerprint density at radius 1 is 1.08 bits per heavy atom. The Morgan fingerprint density at radius 3 is 2.50 bits per heavy atom. The third-order valence-corrected chi connectivity index (χ3v) is 4.07. The molecule has 1 saturated heterocycles. The number of rotatable bonds is 5. The average molecular weight is 335 g/mol. The third-order valence-electron chi connectivity index (χ3n) is 4.07. The topological polar surface area (TPSA) is 71.1 Å². The van der Waals surface area contributed by atoms with Crippen LogP contribution in [0.3, 0.4) is 0 Å². The van der Waals surface area contributed by atoms with Crippen molar-refractivity contribution in [1.29, 1.82) is 0 Å².